The van der Waals surface area contributed by atoms with Gasteiger partial charge in [-0.2, -0.15) is 0 Å². The van der Waals surface area contributed by atoms with Crippen LogP contribution < -0.4 is 9.47 Å². The van der Waals surface area contributed by atoms with Gasteiger partial charge in [0.2, 0.25) is 0 Å². The molecule has 0 spiro atoms. The Morgan fingerprint density at radius 2 is 1.92 bits per heavy atom. The predicted octanol–water partition coefficient (Wildman–Crippen LogP) is 2.92. The molecule has 2 nitrogen and oxygen atoms in total. The highest BCUT2D eigenvalue weighted by Gasteiger charge is 2.07. The molecule has 0 saturated carbocycles. The van der Waals surface area contributed by atoms with E-state index in [-0.39, 0.29) is 0 Å². The van der Waals surface area contributed by atoms with Crippen LogP contribution in [0.1, 0.15) is 0 Å². The Hall–Kier alpha value is -0.410. The molecule has 0 N–H and O–H groups in total. The van der Waals surface area contributed by atoms with Crippen molar-refractivity contribution in [2.45, 2.75) is 0 Å². The van der Waals surface area contributed by atoms with Crippen LogP contribution in [-0.4, -0.2) is 14.2 Å². The van der Waals surface area contributed by atoms with Crippen LogP contribution in [0.15, 0.2) is 10.5 Å². The van der Waals surface area contributed by atoms with Gasteiger partial charge in [0.15, 0.2) is 0 Å². The van der Waals surface area contributed by atoms with Crippen LogP contribution in [0.5, 0.6) is 11.5 Å². The summed E-state index contributed by atoms with van der Waals surface area (Å²) in [5.41, 5.74) is 0. The lowest BCUT2D eigenvalue weighted by Crippen LogP contribution is -1.89. The summed E-state index contributed by atoms with van der Waals surface area (Å²) in [6.45, 7) is 0. The van der Waals surface area contributed by atoms with Gasteiger partial charge in [-0.3, -0.25) is 0 Å². The minimum absolute atomic E-state index is 0.483. The highest BCUT2D eigenvalue weighted by atomic mass is 79.9. The Bertz CT molecular complexity index is 263. The van der Waals surface area contributed by atoms with E-state index in [1.54, 1.807) is 13.2 Å². The molecule has 0 aliphatic carbocycles. The first-order valence-electron chi connectivity index (χ1n) is 3.18. The second-order valence-electron chi connectivity index (χ2n) is 2.03. The zero-order valence-electron chi connectivity index (χ0n) is 6.65. The van der Waals surface area contributed by atoms with E-state index in [9.17, 15) is 0 Å². The summed E-state index contributed by atoms with van der Waals surface area (Å²) in [6.07, 6.45) is 0. The van der Waals surface area contributed by atoms with Gasteiger partial charge in [-0.05, 0) is 22.0 Å². The molecule has 1 rings (SSSR count). The molecule has 0 aliphatic heterocycles. The molecule has 12 heavy (non-hydrogen) atoms. The highest BCUT2D eigenvalue weighted by Crippen LogP contribution is 2.34. The van der Waals surface area contributed by atoms with Crippen molar-refractivity contribution in [2.75, 3.05) is 14.2 Å². The second kappa shape index (κ2) is 4.01. The van der Waals surface area contributed by atoms with Gasteiger partial charge in [0.1, 0.15) is 11.5 Å². The molecular weight excluding hydrogens is 243 g/mol. The number of methoxy groups -OCH3 is 2. The Morgan fingerprint density at radius 3 is 2.42 bits per heavy atom. The maximum Gasteiger partial charge on any atom is 0.149 e. The van der Waals surface area contributed by atoms with Crippen molar-refractivity contribution in [3.63, 3.8) is 0 Å². The van der Waals surface area contributed by atoms with E-state index in [1.807, 2.05) is 0 Å². The third-order valence-electron chi connectivity index (χ3n) is 1.32. The van der Waals surface area contributed by atoms with E-state index >= 15 is 0 Å². The van der Waals surface area contributed by atoms with E-state index in [0.717, 1.165) is 4.47 Å². The minimum Gasteiger partial charge on any atom is -0.495 e. The van der Waals surface area contributed by atoms with Gasteiger partial charge in [0.25, 0.3) is 0 Å². The molecule has 1 aromatic carbocycles. The Morgan fingerprint density at radius 1 is 1.33 bits per heavy atom. The average Bonchev–Trinajstić information content (AvgIpc) is 2.05. The summed E-state index contributed by atoms with van der Waals surface area (Å²) in [4.78, 5) is 0. The first-order valence-corrected chi connectivity index (χ1v) is 4.35. The van der Waals surface area contributed by atoms with Crippen LogP contribution in [0.25, 0.3) is 0 Å². The maximum absolute atomic E-state index is 5.82. The molecule has 0 fully saturated rings. The summed E-state index contributed by atoms with van der Waals surface area (Å²) in [6, 6.07) is 4.56. The molecule has 1 aromatic rings. The summed E-state index contributed by atoms with van der Waals surface area (Å²) >= 11 is 9.09. The molecule has 0 aromatic heterocycles. The summed E-state index contributed by atoms with van der Waals surface area (Å²) in [5, 5.41) is 0.505. The van der Waals surface area contributed by atoms with E-state index < -0.39 is 0 Å². The lowest BCUT2D eigenvalue weighted by atomic mass is 10.3. The number of halogens is 2. The van der Waals surface area contributed by atoms with E-state index in [1.165, 1.54) is 7.11 Å². The first kappa shape index (κ1) is 9.68. The van der Waals surface area contributed by atoms with Crippen LogP contribution in [0.3, 0.4) is 0 Å². The second-order valence-corrected chi connectivity index (χ2v) is 3.29. The molecular formula is C8H7BrClO2. The van der Waals surface area contributed by atoms with Gasteiger partial charge in [0, 0.05) is 0 Å². The average molecular weight is 250 g/mol. The van der Waals surface area contributed by atoms with Crippen LogP contribution in [0, 0.1) is 6.07 Å². The third-order valence-corrected chi connectivity index (χ3v) is 2.19. The van der Waals surface area contributed by atoms with Crippen LogP contribution in [0.4, 0.5) is 0 Å². The van der Waals surface area contributed by atoms with E-state index in [4.69, 9.17) is 21.1 Å². The molecule has 1 radical (unpaired) electrons. The minimum atomic E-state index is 0.483. The zero-order valence-corrected chi connectivity index (χ0v) is 8.99. The SMILES string of the molecule is COc1[c]c(OC)c(Br)cc1Cl. The predicted molar refractivity (Wildman–Crippen MR) is 51.1 cm³/mol. The van der Waals surface area contributed by atoms with Crippen molar-refractivity contribution < 1.29 is 9.47 Å². The van der Waals surface area contributed by atoms with Crippen molar-refractivity contribution in [1.82, 2.24) is 0 Å². The van der Waals surface area contributed by atoms with Gasteiger partial charge in [0.05, 0.1) is 29.8 Å². The quantitative estimate of drug-likeness (QED) is 0.803. The van der Waals surface area contributed by atoms with Crippen molar-refractivity contribution in [3.05, 3.63) is 21.6 Å². The molecule has 0 aliphatic rings. The van der Waals surface area contributed by atoms with E-state index in [2.05, 4.69) is 22.0 Å². The Balaban J connectivity index is 3.18. The van der Waals surface area contributed by atoms with Gasteiger partial charge in [-0.1, -0.05) is 11.6 Å². The van der Waals surface area contributed by atoms with Gasteiger partial charge < -0.3 is 9.47 Å². The molecule has 0 bridgehead atoms. The summed E-state index contributed by atoms with van der Waals surface area (Å²) in [7, 11) is 3.09. The number of rotatable bonds is 2. The van der Waals surface area contributed by atoms with Crippen LogP contribution in [0.2, 0.25) is 5.02 Å². The lowest BCUT2D eigenvalue weighted by Gasteiger charge is -2.06. The zero-order chi connectivity index (χ0) is 9.14. The van der Waals surface area contributed by atoms with Crippen LogP contribution in [-0.2, 0) is 0 Å². The number of hydrogen-bond acceptors (Lipinski definition) is 2. The molecule has 4 heteroatoms. The highest BCUT2D eigenvalue weighted by molar-refractivity contribution is 9.10. The largest absolute Gasteiger partial charge is 0.495 e. The Labute approximate surface area is 84.6 Å². The van der Waals surface area contributed by atoms with E-state index in [0.29, 0.717) is 16.5 Å². The number of ether oxygens (including phenoxy) is 2. The third kappa shape index (κ3) is 1.84. The molecule has 0 saturated heterocycles. The van der Waals surface area contributed by atoms with Crippen LogP contribution >= 0.6 is 27.5 Å². The van der Waals surface area contributed by atoms with Crippen molar-refractivity contribution >= 4 is 27.5 Å². The molecule has 65 valence electrons. The first-order chi connectivity index (χ1) is 5.69. The normalized spacial score (nSPS) is 9.67. The van der Waals surface area contributed by atoms with Crippen molar-refractivity contribution in [1.29, 1.82) is 0 Å². The molecule has 0 amide bonds. The topological polar surface area (TPSA) is 18.5 Å². The van der Waals surface area contributed by atoms with Crippen molar-refractivity contribution in [2.24, 2.45) is 0 Å². The summed E-state index contributed by atoms with van der Waals surface area (Å²) < 4.78 is 10.7. The fourth-order valence-electron chi connectivity index (χ4n) is 0.762. The standard InChI is InChI=1S/C8H7BrClO2/c1-11-7-4-8(12-2)6(10)3-5(7)9/h3H,1-2H3. The number of hydrogen-bond donors (Lipinski definition) is 0. The van der Waals surface area contributed by atoms with Gasteiger partial charge >= 0.3 is 0 Å². The summed E-state index contributed by atoms with van der Waals surface area (Å²) in [5.74, 6) is 1.06. The van der Waals surface area contributed by atoms with Crippen molar-refractivity contribution in [3.8, 4) is 11.5 Å². The smallest absolute Gasteiger partial charge is 0.149 e. The fraction of sp³-hybridized carbons (Fsp3) is 0.250. The molecule has 0 atom stereocenters. The number of benzene rings is 1. The molecule has 0 unspecified atom stereocenters. The lowest BCUT2D eigenvalue weighted by molar-refractivity contribution is 0.391. The van der Waals surface area contributed by atoms with Gasteiger partial charge in [-0.15, -0.1) is 0 Å². The maximum atomic E-state index is 5.82. The monoisotopic (exact) mass is 249 g/mol. The molecule has 0 heterocycles. The van der Waals surface area contributed by atoms with Gasteiger partial charge in [-0.25, -0.2) is 0 Å². The Kier molecular flexibility index (Phi) is 3.23. The fourth-order valence-corrected chi connectivity index (χ4v) is 1.62.